The normalized spacial score (nSPS) is 14.8. The second-order valence-electron chi connectivity index (χ2n) is 7.61. The smallest absolute Gasteiger partial charge is 0.270 e. The molecule has 0 unspecified atom stereocenters. The Kier molecular flexibility index (Phi) is 6.51. The van der Waals surface area contributed by atoms with Gasteiger partial charge in [0.15, 0.2) is 5.11 Å². The van der Waals surface area contributed by atoms with Crippen LogP contribution in [0.3, 0.4) is 0 Å². The lowest BCUT2D eigenvalue weighted by molar-refractivity contribution is -0.255. The number of carboxylic acid groups (broad SMARTS) is 1. The molecule has 4 rings (SSSR count). The summed E-state index contributed by atoms with van der Waals surface area (Å²) in [5, 5.41) is 13.5. The van der Waals surface area contributed by atoms with E-state index in [1.54, 1.807) is 42.5 Å². The summed E-state index contributed by atoms with van der Waals surface area (Å²) < 4.78 is 5.89. The highest BCUT2D eigenvalue weighted by molar-refractivity contribution is 7.80. The van der Waals surface area contributed by atoms with Crippen LogP contribution in [0.15, 0.2) is 78.4 Å². The number of thiocarbonyl (C=S) groups is 1. The second kappa shape index (κ2) is 9.68. The Hall–Kier alpha value is -4.30. The van der Waals surface area contributed by atoms with Crippen LogP contribution in [0.4, 0.5) is 5.69 Å². The third kappa shape index (κ3) is 4.87. The van der Waals surface area contributed by atoms with E-state index in [1.807, 2.05) is 25.1 Å². The van der Waals surface area contributed by atoms with Gasteiger partial charge >= 0.3 is 0 Å². The molecule has 1 heterocycles. The van der Waals surface area contributed by atoms with E-state index in [0.717, 1.165) is 11.1 Å². The molecular formula is C26H19N2O5S-. The molecule has 1 aliphatic rings. The average molecular weight is 472 g/mol. The van der Waals surface area contributed by atoms with E-state index in [9.17, 15) is 19.5 Å². The fourth-order valence-electron chi connectivity index (χ4n) is 3.44. The Morgan fingerprint density at radius 2 is 1.79 bits per heavy atom. The zero-order valence-electron chi connectivity index (χ0n) is 18.1. The zero-order valence-corrected chi connectivity index (χ0v) is 18.9. The van der Waals surface area contributed by atoms with Crippen LogP contribution in [0.25, 0.3) is 6.08 Å². The maximum absolute atomic E-state index is 13.3. The van der Waals surface area contributed by atoms with Crippen LogP contribution in [0.5, 0.6) is 5.75 Å². The summed E-state index contributed by atoms with van der Waals surface area (Å²) in [6.45, 7) is 2.06. The van der Waals surface area contributed by atoms with Crippen LogP contribution in [-0.4, -0.2) is 22.9 Å². The standard InChI is InChI=1S/C26H20N2O5S/c1-16-5-4-7-20(13-16)28-24(30)21(23(29)27-26(28)34)14-19-6-2-3-8-22(19)33-15-17-9-11-18(12-10-17)25(31)32/h2-14H,15H2,1H3,(H,31,32)(H,27,29,34)/p-1. The molecule has 1 fully saturated rings. The number of ether oxygens (including phenoxy) is 1. The van der Waals surface area contributed by atoms with Gasteiger partial charge in [0.25, 0.3) is 11.8 Å². The summed E-state index contributed by atoms with van der Waals surface area (Å²) in [6.07, 6.45) is 1.47. The number of aromatic carboxylic acids is 1. The molecule has 0 aromatic heterocycles. The molecule has 34 heavy (non-hydrogen) atoms. The van der Waals surface area contributed by atoms with Gasteiger partial charge in [-0.1, -0.05) is 54.6 Å². The third-order valence-corrected chi connectivity index (χ3v) is 5.45. The van der Waals surface area contributed by atoms with Gasteiger partial charge in [-0.2, -0.15) is 0 Å². The monoisotopic (exact) mass is 471 g/mol. The van der Waals surface area contributed by atoms with Gasteiger partial charge in [-0.15, -0.1) is 0 Å². The van der Waals surface area contributed by atoms with Crippen molar-refractivity contribution >= 4 is 46.9 Å². The Bertz CT molecular complexity index is 1330. The van der Waals surface area contributed by atoms with E-state index in [2.05, 4.69) is 5.32 Å². The lowest BCUT2D eigenvalue weighted by Gasteiger charge is -2.29. The first-order chi connectivity index (χ1) is 16.3. The highest BCUT2D eigenvalue weighted by Crippen LogP contribution is 2.26. The largest absolute Gasteiger partial charge is 0.545 e. The zero-order chi connectivity index (χ0) is 24.2. The Morgan fingerprint density at radius 1 is 1.06 bits per heavy atom. The number of carbonyl (C=O) groups excluding carboxylic acids is 3. The number of rotatable bonds is 6. The highest BCUT2D eigenvalue weighted by Gasteiger charge is 2.34. The van der Waals surface area contributed by atoms with Crippen molar-refractivity contribution in [1.29, 1.82) is 0 Å². The molecule has 1 N–H and O–H groups in total. The molecule has 0 aliphatic carbocycles. The molecular weight excluding hydrogens is 452 g/mol. The van der Waals surface area contributed by atoms with Gasteiger partial charge in [0.05, 0.1) is 11.7 Å². The maximum Gasteiger partial charge on any atom is 0.270 e. The van der Waals surface area contributed by atoms with Crippen molar-refractivity contribution < 1.29 is 24.2 Å². The highest BCUT2D eigenvalue weighted by atomic mass is 32.1. The van der Waals surface area contributed by atoms with Crippen molar-refractivity contribution in [2.75, 3.05) is 4.90 Å². The van der Waals surface area contributed by atoms with Gasteiger partial charge in [-0.3, -0.25) is 19.8 Å². The molecule has 0 atom stereocenters. The number of hydrogen-bond donors (Lipinski definition) is 1. The number of hydrogen-bond acceptors (Lipinski definition) is 6. The third-order valence-electron chi connectivity index (χ3n) is 5.16. The lowest BCUT2D eigenvalue weighted by Crippen LogP contribution is -2.54. The van der Waals surface area contributed by atoms with Gasteiger partial charge in [0.2, 0.25) is 0 Å². The lowest BCUT2D eigenvalue weighted by atomic mass is 10.1. The molecule has 7 nitrogen and oxygen atoms in total. The van der Waals surface area contributed by atoms with Crippen molar-refractivity contribution in [2.24, 2.45) is 0 Å². The number of anilines is 1. The minimum atomic E-state index is -1.25. The molecule has 3 aromatic rings. The van der Waals surface area contributed by atoms with Gasteiger partial charge in [-0.25, -0.2) is 0 Å². The first kappa shape index (κ1) is 22.9. The van der Waals surface area contributed by atoms with Crippen molar-refractivity contribution in [3.8, 4) is 5.75 Å². The van der Waals surface area contributed by atoms with E-state index in [4.69, 9.17) is 17.0 Å². The fourth-order valence-corrected chi connectivity index (χ4v) is 3.72. The fraction of sp³-hybridized carbons (Fsp3) is 0.0769. The molecule has 3 aromatic carbocycles. The first-order valence-electron chi connectivity index (χ1n) is 10.3. The summed E-state index contributed by atoms with van der Waals surface area (Å²) in [7, 11) is 0. The molecule has 8 heteroatoms. The Morgan fingerprint density at radius 3 is 2.50 bits per heavy atom. The summed E-state index contributed by atoms with van der Waals surface area (Å²) in [4.78, 5) is 38.1. The molecule has 0 saturated carbocycles. The van der Waals surface area contributed by atoms with Gasteiger partial charge in [0, 0.05) is 5.56 Å². The van der Waals surface area contributed by atoms with Crippen LogP contribution >= 0.6 is 12.2 Å². The van der Waals surface area contributed by atoms with Gasteiger partial charge in [-0.05, 0) is 60.1 Å². The van der Waals surface area contributed by atoms with E-state index in [0.29, 0.717) is 17.0 Å². The average Bonchev–Trinajstić information content (AvgIpc) is 2.81. The second-order valence-corrected chi connectivity index (χ2v) is 7.99. The summed E-state index contributed by atoms with van der Waals surface area (Å²) in [5.74, 6) is -1.92. The molecule has 170 valence electrons. The number of nitrogens with zero attached hydrogens (tertiary/aromatic N) is 1. The van der Waals surface area contributed by atoms with Crippen molar-refractivity contribution in [1.82, 2.24) is 5.32 Å². The molecule has 0 spiro atoms. The van der Waals surface area contributed by atoms with E-state index < -0.39 is 17.8 Å². The summed E-state index contributed by atoms with van der Waals surface area (Å²) in [5.41, 5.74) is 2.78. The molecule has 0 radical (unpaired) electrons. The predicted molar refractivity (Wildman–Crippen MR) is 129 cm³/mol. The van der Waals surface area contributed by atoms with E-state index in [-0.39, 0.29) is 22.9 Å². The minimum Gasteiger partial charge on any atom is -0.545 e. The number of carboxylic acids is 1. The molecule has 1 saturated heterocycles. The van der Waals surface area contributed by atoms with Crippen LogP contribution in [0.2, 0.25) is 0 Å². The van der Waals surface area contributed by atoms with Crippen LogP contribution in [0, 0.1) is 6.92 Å². The SMILES string of the molecule is Cc1cccc(N2C(=O)C(=Cc3ccccc3OCc3ccc(C(=O)[O-])cc3)C(=O)NC2=S)c1. The molecule has 2 amide bonds. The predicted octanol–water partition coefficient (Wildman–Crippen LogP) is 2.77. The van der Waals surface area contributed by atoms with E-state index >= 15 is 0 Å². The number of amides is 2. The van der Waals surface area contributed by atoms with Gasteiger partial charge in [0.1, 0.15) is 17.9 Å². The quantitative estimate of drug-likeness (QED) is 0.337. The van der Waals surface area contributed by atoms with Crippen molar-refractivity contribution in [2.45, 2.75) is 13.5 Å². The summed E-state index contributed by atoms with van der Waals surface area (Å²) >= 11 is 5.25. The molecule has 0 bridgehead atoms. The van der Waals surface area contributed by atoms with E-state index in [1.165, 1.54) is 23.1 Å². The first-order valence-corrected chi connectivity index (χ1v) is 10.7. The van der Waals surface area contributed by atoms with Crippen LogP contribution in [-0.2, 0) is 16.2 Å². The van der Waals surface area contributed by atoms with Crippen LogP contribution < -0.4 is 20.1 Å². The van der Waals surface area contributed by atoms with Crippen LogP contribution in [0.1, 0.15) is 27.0 Å². The Labute approximate surface area is 201 Å². The van der Waals surface area contributed by atoms with Gasteiger partial charge < -0.3 is 14.6 Å². The number of nitrogens with one attached hydrogen (secondary N) is 1. The maximum atomic E-state index is 13.3. The number of aryl methyl sites for hydroxylation is 1. The summed E-state index contributed by atoms with van der Waals surface area (Å²) in [6, 6.07) is 20.4. The molecule has 1 aliphatic heterocycles. The van der Waals surface area contributed by atoms with Crippen molar-refractivity contribution in [3.63, 3.8) is 0 Å². The Balaban J connectivity index is 1.60. The number of benzene rings is 3. The minimum absolute atomic E-state index is 0.0160. The topological polar surface area (TPSA) is 98.8 Å². The number of para-hydroxylation sites is 1. The number of carbonyl (C=O) groups is 3. The van der Waals surface area contributed by atoms with Crippen molar-refractivity contribution in [3.05, 3.63) is 101 Å².